The molecule has 0 saturated heterocycles. The zero-order valence-electron chi connectivity index (χ0n) is 11.7. The molecule has 0 unspecified atom stereocenters. The van der Waals surface area contributed by atoms with Crippen LogP contribution in [0.4, 0.5) is 10.5 Å². The van der Waals surface area contributed by atoms with Gasteiger partial charge in [0.25, 0.3) is 0 Å². The van der Waals surface area contributed by atoms with E-state index in [2.05, 4.69) is 21.2 Å². The highest BCUT2D eigenvalue weighted by Gasteiger charge is 2.12. The van der Waals surface area contributed by atoms with E-state index in [0.717, 1.165) is 6.54 Å². The summed E-state index contributed by atoms with van der Waals surface area (Å²) in [5, 5.41) is 11.6. The number of hydrogen-bond donors (Lipinski definition) is 2. The van der Waals surface area contributed by atoms with Crippen molar-refractivity contribution >= 4 is 33.6 Å². The molecule has 1 aromatic carbocycles. The van der Waals surface area contributed by atoms with Crippen LogP contribution in [0.25, 0.3) is 0 Å². The van der Waals surface area contributed by atoms with Crippen molar-refractivity contribution in [3.8, 4) is 0 Å². The molecule has 1 aromatic rings. The highest BCUT2D eigenvalue weighted by molar-refractivity contribution is 9.10. The number of urea groups is 1. The quantitative estimate of drug-likeness (QED) is 0.859. The first-order valence-corrected chi connectivity index (χ1v) is 6.80. The van der Waals surface area contributed by atoms with Gasteiger partial charge < -0.3 is 20.2 Å². The van der Waals surface area contributed by atoms with E-state index in [4.69, 9.17) is 5.11 Å². The molecule has 0 bridgehead atoms. The Morgan fingerprint density at radius 2 is 1.90 bits per heavy atom. The van der Waals surface area contributed by atoms with Crippen LogP contribution in [0.3, 0.4) is 0 Å². The summed E-state index contributed by atoms with van der Waals surface area (Å²) in [6.07, 6.45) is 0. The Hall–Kier alpha value is -1.60. The lowest BCUT2D eigenvalue weighted by atomic mass is 10.2. The predicted octanol–water partition coefficient (Wildman–Crippen LogP) is 2.17. The molecular formula is C13H18BrN3O3. The van der Waals surface area contributed by atoms with Gasteiger partial charge in [0.05, 0.1) is 11.3 Å². The number of carbonyl (C=O) groups excluding carboxylic acids is 1. The Morgan fingerprint density at radius 3 is 2.45 bits per heavy atom. The number of amides is 2. The fourth-order valence-corrected chi connectivity index (χ4v) is 1.76. The lowest BCUT2D eigenvalue weighted by Crippen LogP contribution is -2.36. The van der Waals surface area contributed by atoms with Crippen LogP contribution in [-0.4, -0.2) is 61.1 Å². The van der Waals surface area contributed by atoms with E-state index in [0.29, 0.717) is 16.7 Å². The van der Waals surface area contributed by atoms with E-state index in [-0.39, 0.29) is 11.6 Å². The molecule has 0 heterocycles. The van der Waals surface area contributed by atoms with Gasteiger partial charge in [0.15, 0.2) is 0 Å². The van der Waals surface area contributed by atoms with E-state index in [1.165, 1.54) is 12.1 Å². The normalized spacial score (nSPS) is 10.4. The van der Waals surface area contributed by atoms with Gasteiger partial charge in [0.1, 0.15) is 0 Å². The van der Waals surface area contributed by atoms with Gasteiger partial charge in [-0.2, -0.15) is 0 Å². The molecule has 2 amide bonds. The van der Waals surface area contributed by atoms with Crippen molar-refractivity contribution in [1.29, 1.82) is 0 Å². The molecule has 0 saturated carbocycles. The number of rotatable bonds is 5. The number of nitrogens with one attached hydrogen (secondary N) is 1. The molecule has 0 aliphatic carbocycles. The summed E-state index contributed by atoms with van der Waals surface area (Å²) in [5.74, 6) is -1.03. The van der Waals surface area contributed by atoms with Crippen LogP contribution >= 0.6 is 15.9 Å². The average Bonchev–Trinajstić information content (AvgIpc) is 2.37. The van der Waals surface area contributed by atoms with Gasteiger partial charge in [-0.1, -0.05) is 0 Å². The van der Waals surface area contributed by atoms with Crippen molar-refractivity contribution in [2.24, 2.45) is 0 Å². The highest BCUT2D eigenvalue weighted by Crippen LogP contribution is 2.24. The lowest BCUT2D eigenvalue weighted by molar-refractivity contribution is 0.0697. The number of likely N-dealkylation sites (N-methyl/N-ethyl adjacent to an activating group) is 2. The molecule has 0 fully saturated rings. The monoisotopic (exact) mass is 343 g/mol. The number of carboxylic acid groups (broad SMARTS) is 1. The largest absolute Gasteiger partial charge is 0.478 e. The lowest BCUT2D eigenvalue weighted by Gasteiger charge is -2.20. The Bertz CT molecular complexity index is 506. The number of aromatic carboxylic acids is 1. The fraction of sp³-hybridized carbons (Fsp3) is 0.385. The predicted molar refractivity (Wildman–Crippen MR) is 81.3 cm³/mol. The summed E-state index contributed by atoms with van der Waals surface area (Å²) in [6.45, 7) is 1.33. The molecule has 0 aromatic heterocycles. The second kappa shape index (κ2) is 7.25. The topological polar surface area (TPSA) is 72.9 Å². The van der Waals surface area contributed by atoms with Crippen LogP contribution in [-0.2, 0) is 0 Å². The summed E-state index contributed by atoms with van der Waals surface area (Å²) in [7, 11) is 5.55. The van der Waals surface area contributed by atoms with Crippen molar-refractivity contribution < 1.29 is 14.7 Å². The van der Waals surface area contributed by atoms with Gasteiger partial charge in [-0.25, -0.2) is 9.59 Å². The Labute approximate surface area is 126 Å². The van der Waals surface area contributed by atoms with Crippen molar-refractivity contribution in [3.63, 3.8) is 0 Å². The molecule has 6 nitrogen and oxygen atoms in total. The summed E-state index contributed by atoms with van der Waals surface area (Å²) < 4.78 is 0.636. The minimum atomic E-state index is -1.03. The molecule has 20 heavy (non-hydrogen) atoms. The Kier molecular flexibility index (Phi) is 5.97. The second-order valence-electron chi connectivity index (χ2n) is 4.65. The summed E-state index contributed by atoms with van der Waals surface area (Å²) in [6, 6.07) is 4.20. The zero-order valence-corrected chi connectivity index (χ0v) is 13.3. The van der Waals surface area contributed by atoms with Crippen molar-refractivity contribution in [2.75, 3.05) is 39.5 Å². The van der Waals surface area contributed by atoms with Gasteiger partial charge in [-0.15, -0.1) is 0 Å². The first-order valence-electron chi connectivity index (χ1n) is 6.01. The van der Waals surface area contributed by atoms with Gasteiger partial charge in [-0.05, 0) is 48.2 Å². The average molecular weight is 344 g/mol. The van der Waals surface area contributed by atoms with Crippen LogP contribution in [0.1, 0.15) is 10.4 Å². The second-order valence-corrected chi connectivity index (χ2v) is 5.51. The maximum atomic E-state index is 12.0. The molecule has 0 atom stereocenters. The molecule has 0 aliphatic rings. The Morgan fingerprint density at radius 1 is 1.25 bits per heavy atom. The van der Waals surface area contributed by atoms with E-state index >= 15 is 0 Å². The third-order valence-corrected chi connectivity index (χ3v) is 3.38. The standard InChI is InChI=1S/C13H18BrN3O3/c1-16(2)6-7-17(3)13(20)15-11-8-9(12(18)19)4-5-10(11)14/h4-5,8H,6-7H2,1-3H3,(H,15,20)(H,18,19). The molecule has 1 rings (SSSR count). The van der Waals surface area contributed by atoms with E-state index in [1.54, 1.807) is 18.0 Å². The van der Waals surface area contributed by atoms with Crippen molar-refractivity contribution in [1.82, 2.24) is 9.80 Å². The number of benzene rings is 1. The van der Waals surface area contributed by atoms with Gasteiger partial charge in [0, 0.05) is 24.6 Å². The minimum absolute atomic E-state index is 0.124. The maximum Gasteiger partial charge on any atom is 0.335 e. The SMILES string of the molecule is CN(C)CCN(C)C(=O)Nc1cc(C(=O)O)ccc1Br. The molecular weight excluding hydrogens is 326 g/mol. The fourth-order valence-electron chi connectivity index (χ4n) is 1.42. The third-order valence-electron chi connectivity index (χ3n) is 2.68. The summed E-state index contributed by atoms with van der Waals surface area (Å²) in [5.41, 5.74) is 0.561. The van der Waals surface area contributed by atoms with Crippen LogP contribution in [0.15, 0.2) is 22.7 Å². The third kappa shape index (κ3) is 4.82. The molecule has 7 heteroatoms. The summed E-state index contributed by atoms with van der Waals surface area (Å²) in [4.78, 5) is 26.4. The first-order chi connectivity index (χ1) is 9.31. The first kappa shape index (κ1) is 16.5. The van der Waals surface area contributed by atoms with E-state index in [1.807, 2.05) is 19.0 Å². The molecule has 110 valence electrons. The smallest absolute Gasteiger partial charge is 0.335 e. The van der Waals surface area contributed by atoms with Crippen molar-refractivity contribution in [2.45, 2.75) is 0 Å². The van der Waals surface area contributed by atoms with Crippen molar-refractivity contribution in [3.05, 3.63) is 28.2 Å². The molecule has 0 radical (unpaired) electrons. The van der Waals surface area contributed by atoms with Crippen LogP contribution < -0.4 is 5.32 Å². The number of carbonyl (C=O) groups is 2. The molecule has 2 N–H and O–H groups in total. The van der Waals surface area contributed by atoms with Crippen LogP contribution in [0.2, 0.25) is 0 Å². The number of anilines is 1. The summed E-state index contributed by atoms with van der Waals surface area (Å²) >= 11 is 3.28. The highest BCUT2D eigenvalue weighted by atomic mass is 79.9. The number of halogens is 1. The minimum Gasteiger partial charge on any atom is -0.478 e. The molecule has 0 spiro atoms. The van der Waals surface area contributed by atoms with Gasteiger partial charge >= 0.3 is 12.0 Å². The number of carboxylic acids is 1. The maximum absolute atomic E-state index is 12.0. The van der Waals surface area contributed by atoms with Gasteiger partial charge in [0.2, 0.25) is 0 Å². The van der Waals surface area contributed by atoms with E-state index in [9.17, 15) is 9.59 Å². The van der Waals surface area contributed by atoms with E-state index < -0.39 is 5.97 Å². The van der Waals surface area contributed by atoms with Gasteiger partial charge in [-0.3, -0.25) is 0 Å². The zero-order chi connectivity index (χ0) is 15.3. The number of hydrogen-bond acceptors (Lipinski definition) is 3. The Balaban J connectivity index is 2.74. The number of nitrogens with zero attached hydrogens (tertiary/aromatic N) is 2. The van der Waals surface area contributed by atoms with Crippen LogP contribution in [0.5, 0.6) is 0 Å². The van der Waals surface area contributed by atoms with Crippen LogP contribution in [0, 0.1) is 0 Å². The molecule has 0 aliphatic heterocycles.